The lowest BCUT2D eigenvalue weighted by Gasteiger charge is -2.22. The molecule has 3 heteroatoms. The predicted octanol–water partition coefficient (Wildman–Crippen LogP) is 4.15. The van der Waals surface area contributed by atoms with Crippen molar-refractivity contribution in [3.05, 3.63) is 35.4 Å². The minimum absolute atomic E-state index is 0.139. The molecule has 3 nitrogen and oxygen atoms in total. The molecule has 0 aliphatic rings. The maximum atomic E-state index is 11.7. The highest BCUT2D eigenvalue weighted by atomic mass is 16.5. The molecule has 112 valence electrons. The van der Waals surface area contributed by atoms with E-state index in [1.54, 1.807) is 12.1 Å². The number of ether oxygens (including phenoxy) is 1. The standard InChI is InChI=1S/C15H20O3.C2H6/c1-5-6-13(16)11-7-9-12(10-8-11)15(2,3)14(17)18-4;1-2/h7-10H,5-6H2,1-4H3;1-2H3. The third-order valence-electron chi connectivity index (χ3n) is 3.10. The first kappa shape index (κ1) is 18.4. The molecule has 0 saturated heterocycles. The molecule has 0 bridgehead atoms. The molecule has 0 spiro atoms. The fourth-order valence-corrected chi connectivity index (χ4v) is 1.82. The van der Waals surface area contributed by atoms with Crippen molar-refractivity contribution in [2.75, 3.05) is 7.11 Å². The molecule has 0 aromatic heterocycles. The van der Waals surface area contributed by atoms with Crippen LogP contribution in [0.5, 0.6) is 0 Å². The van der Waals surface area contributed by atoms with Crippen molar-refractivity contribution in [1.29, 1.82) is 0 Å². The lowest BCUT2D eigenvalue weighted by molar-refractivity contribution is -0.146. The zero-order chi connectivity index (χ0) is 15.8. The SMILES string of the molecule is CC.CCCC(=O)c1ccc(C(C)(C)C(=O)OC)cc1. The summed E-state index contributed by atoms with van der Waals surface area (Å²) >= 11 is 0. The first-order valence-electron chi connectivity index (χ1n) is 7.15. The minimum Gasteiger partial charge on any atom is -0.468 e. The molecule has 0 fully saturated rings. The normalized spacial score (nSPS) is 10.3. The smallest absolute Gasteiger partial charge is 0.315 e. The average molecular weight is 278 g/mol. The average Bonchev–Trinajstić information content (AvgIpc) is 2.48. The van der Waals surface area contributed by atoms with E-state index in [0.29, 0.717) is 12.0 Å². The molecular weight excluding hydrogens is 252 g/mol. The molecule has 0 N–H and O–H groups in total. The van der Waals surface area contributed by atoms with Gasteiger partial charge in [-0.25, -0.2) is 0 Å². The second-order valence-corrected chi connectivity index (χ2v) is 4.87. The fourth-order valence-electron chi connectivity index (χ4n) is 1.82. The summed E-state index contributed by atoms with van der Waals surface area (Å²) in [5.74, 6) is -0.143. The molecule has 1 aromatic rings. The summed E-state index contributed by atoms with van der Waals surface area (Å²) in [7, 11) is 1.38. The van der Waals surface area contributed by atoms with E-state index in [1.807, 2.05) is 46.8 Å². The molecule has 1 rings (SSSR count). The van der Waals surface area contributed by atoms with Crippen molar-refractivity contribution >= 4 is 11.8 Å². The van der Waals surface area contributed by atoms with Crippen molar-refractivity contribution in [3.63, 3.8) is 0 Å². The van der Waals surface area contributed by atoms with E-state index in [1.165, 1.54) is 7.11 Å². The number of carbonyl (C=O) groups excluding carboxylic acids is 2. The number of Topliss-reactive ketones (excluding diaryl/α,β-unsaturated/α-hetero) is 1. The molecule has 1 aromatic carbocycles. The van der Waals surface area contributed by atoms with Crippen LogP contribution in [0.4, 0.5) is 0 Å². The maximum Gasteiger partial charge on any atom is 0.315 e. The molecular formula is C17H26O3. The van der Waals surface area contributed by atoms with E-state index in [0.717, 1.165) is 12.0 Å². The van der Waals surface area contributed by atoms with Gasteiger partial charge < -0.3 is 4.74 Å². The third kappa shape index (κ3) is 4.48. The summed E-state index contributed by atoms with van der Waals surface area (Å²) in [6, 6.07) is 7.19. The van der Waals surface area contributed by atoms with E-state index in [9.17, 15) is 9.59 Å². The van der Waals surface area contributed by atoms with Crippen LogP contribution in [0.1, 0.15) is 63.4 Å². The molecule has 0 heterocycles. The Morgan fingerprint density at radius 3 is 2.00 bits per heavy atom. The van der Waals surface area contributed by atoms with Gasteiger partial charge in [-0.1, -0.05) is 45.0 Å². The van der Waals surface area contributed by atoms with Crippen molar-refractivity contribution in [2.24, 2.45) is 0 Å². The maximum absolute atomic E-state index is 11.7. The van der Waals surface area contributed by atoms with Crippen molar-refractivity contribution in [3.8, 4) is 0 Å². The Labute approximate surface area is 122 Å². The molecule has 0 aliphatic heterocycles. The number of hydrogen-bond acceptors (Lipinski definition) is 3. The van der Waals surface area contributed by atoms with E-state index in [4.69, 9.17) is 4.74 Å². The van der Waals surface area contributed by atoms with E-state index < -0.39 is 5.41 Å². The minimum atomic E-state index is -0.693. The van der Waals surface area contributed by atoms with Crippen LogP contribution < -0.4 is 0 Å². The number of rotatable bonds is 5. The van der Waals surface area contributed by atoms with Gasteiger partial charge in [0.15, 0.2) is 5.78 Å². The van der Waals surface area contributed by atoms with Gasteiger partial charge in [-0.3, -0.25) is 9.59 Å². The highest BCUT2D eigenvalue weighted by Gasteiger charge is 2.30. The summed E-state index contributed by atoms with van der Waals surface area (Å²) < 4.78 is 4.78. The summed E-state index contributed by atoms with van der Waals surface area (Å²) in [5.41, 5.74) is 0.852. The number of benzene rings is 1. The van der Waals surface area contributed by atoms with Gasteiger partial charge in [0.2, 0.25) is 0 Å². The van der Waals surface area contributed by atoms with Crippen LogP contribution in [0.25, 0.3) is 0 Å². The predicted molar refractivity (Wildman–Crippen MR) is 82.1 cm³/mol. The van der Waals surface area contributed by atoms with Gasteiger partial charge in [0.05, 0.1) is 12.5 Å². The number of carbonyl (C=O) groups is 2. The van der Waals surface area contributed by atoms with E-state index >= 15 is 0 Å². The molecule has 0 saturated carbocycles. The van der Waals surface area contributed by atoms with Crippen LogP contribution in [0.2, 0.25) is 0 Å². The number of hydrogen-bond donors (Lipinski definition) is 0. The lowest BCUT2D eigenvalue weighted by Crippen LogP contribution is -2.30. The molecule has 0 unspecified atom stereocenters. The number of methoxy groups -OCH3 is 1. The number of ketones is 1. The summed E-state index contributed by atoms with van der Waals surface area (Å²) in [6.07, 6.45) is 1.40. The number of esters is 1. The van der Waals surface area contributed by atoms with Crippen molar-refractivity contribution in [1.82, 2.24) is 0 Å². The van der Waals surface area contributed by atoms with Crippen LogP contribution in [-0.2, 0) is 14.9 Å². The Morgan fingerprint density at radius 1 is 1.10 bits per heavy atom. The van der Waals surface area contributed by atoms with Crippen LogP contribution in [0.15, 0.2) is 24.3 Å². The molecule has 20 heavy (non-hydrogen) atoms. The van der Waals surface area contributed by atoms with Gasteiger partial charge in [0.25, 0.3) is 0 Å². The quantitative estimate of drug-likeness (QED) is 0.600. The zero-order valence-electron chi connectivity index (χ0n) is 13.4. The first-order valence-corrected chi connectivity index (χ1v) is 7.15. The first-order chi connectivity index (χ1) is 9.43. The highest BCUT2D eigenvalue weighted by Crippen LogP contribution is 2.25. The van der Waals surface area contributed by atoms with Crippen LogP contribution in [-0.4, -0.2) is 18.9 Å². The zero-order valence-corrected chi connectivity index (χ0v) is 13.4. The summed E-state index contributed by atoms with van der Waals surface area (Å²) in [6.45, 7) is 9.59. The second kappa shape index (κ2) is 8.51. The molecule has 0 atom stereocenters. The summed E-state index contributed by atoms with van der Waals surface area (Å²) in [5, 5.41) is 0. The van der Waals surface area contributed by atoms with Gasteiger partial charge in [0, 0.05) is 12.0 Å². The lowest BCUT2D eigenvalue weighted by atomic mass is 9.84. The van der Waals surface area contributed by atoms with Crippen molar-refractivity contribution < 1.29 is 14.3 Å². The third-order valence-corrected chi connectivity index (χ3v) is 3.10. The van der Waals surface area contributed by atoms with E-state index in [2.05, 4.69) is 0 Å². The largest absolute Gasteiger partial charge is 0.468 e. The monoisotopic (exact) mass is 278 g/mol. The summed E-state index contributed by atoms with van der Waals surface area (Å²) in [4.78, 5) is 23.4. The highest BCUT2D eigenvalue weighted by molar-refractivity contribution is 5.96. The second-order valence-electron chi connectivity index (χ2n) is 4.87. The van der Waals surface area contributed by atoms with Gasteiger partial charge in [-0.2, -0.15) is 0 Å². The van der Waals surface area contributed by atoms with Crippen LogP contribution in [0.3, 0.4) is 0 Å². The Hall–Kier alpha value is -1.64. The Kier molecular flexibility index (Phi) is 7.82. The van der Waals surface area contributed by atoms with Gasteiger partial charge in [-0.05, 0) is 25.8 Å². The van der Waals surface area contributed by atoms with Crippen LogP contribution in [0, 0.1) is 0 Å². The van der Waals surface area contributed by atoms with Gasteiger partial charge in [-0.15, -0.1) is 0 Å². The Bertz CT molecular complexity index is 430. The molecule has 0 radical (unpaired) electrons. The molecule has 0 amide bonds. The van der Waals surface area contributed by atoms with Gasteiger partial charge >= 0.3 is 5.97 Å². The van der Waals surface area contributed by atoms with Crippen molar-refractivity contribution in [2.45, 2.75) is 52.9 Å². The van der Waals surface area contributed by atoms with E-state index in [-0.39, 0.29) is 11.8 Å². The topological polar surface area (TPSA) is 43.4 Å². The van der Waals surface area contributed by atoms with Gasteiger partial charge in [0.1, 0.15) is 0 Å². The Morgan fingerprint density at radius 2 is 1.60 bits per heavy atom. The van der Waals surface area contributed by atoms with Crippen LogP contribution >= 0.6 is 0 Å². The molecule has 0 aliphatic carbocycles. The Balaban J connectivity index is 0.00000172. The fraction of sp³-hybridized carbons (Fsp3) is 0.529.